The van der Waals surface area contributed by atoms with Gasteiger partial charge < -0.3 is 14.8 Å². The van der Waals surface area contributed by atoms with Gasteiger partial charge in [-0.25, -0.2) is 0 Å². The number of ether oxygens (including phenoxy) is 2. The average molecular weight is 427 g/mol. The van der Waals surface area contributed by atoms with E-state index in [0.29, 0.717) is 35.2 Å². The van der Waals surface area contributed by atoms with Gasteiger partial charge in [0.25, 0.3) is 5.91 Å². The van der Waals surface area contributed by atoms with Crippen molar-refractivity contribution < 1.29 is 14.3 Å². The molecule has 1 amide bonds. The van der Waals surface area contributed by atoms with Crippen molar-refractivity contribution in [2.24, 2.45) is 0 Å². The monoisotopic (exact) mass is 426 g/mol. The summed E-state index contributed by atoms with van der Waals surface area (Å²) in [6, 6.07) is 15.4. The summed E-state index contributed by atoms with van der Waals surface area (Å²) in [5.74, 6) is 0.516. The number of benzene rings is 2. The van der Waals surface area contributed by atoms with Crippen molar-refractivity contribution in [1.29, 1.82) is 5.26 Å². The number of nitrogens with one attached hydrogen (secondary N) is 1. The average Bonchev–Trinajstić information content (AvgIpc) is 2.72. The number of nitrogens with zero attached hydrogens (tertiary/aromatic N) is 1. The van der Waals surface area contributed by atoms with Crippen molar-refractivity contribution in [1.82, 2.24) is 5.32 Å². The summed E-state index contributed by atoms with van der Waals surface area (Å²) in [4.78, 5) is 12.4. The zero-order chi connectivity index (χ0) is 21.9. The Balaban J connectivity index is 2.08. The van der Waals surface area contributed by atoms with Gasteiger partial charge in [-0.05, 0) is 62.9 Å². The van der Waals surface area contributed by atoms with E-state index in [1.165, 1.54) is 11.6 Å². The van der Waals surface area contributed by atoms with Crippen LogP contribution in [0.3, 0.4) is 0 Å². The smallest absolute Gasteiger partial charge is 0.261 e. The lowest BCUT2D eigenvalue weighted by atomic mass is 10.1. The summed E-state index contributed by atoms with van der Waals surface area (Å²) in [6.45, 7) is 6.58. The minimum Gasteiger partial charge on any atom is -0.490 e. The fourth-order valence-corrected chi connectivity index (χ4v) is 3.10. The van der Waals surface area contributed by atoms with Crippen LogP contribution in [0, 0.1) is 11.3 Å². The van der Waals surface area contributed by atoms with Crippen LogP contribution in [0.25, 0.3) is 6.08 Å². The van der Waals surface area contributed by atoms with Crippen molar-refractivity contribution in [2.45, 2.75) is 39.7 Å². The molecule has 0 saturated heterocycles. The van der Waals surface area contributed by atoms with E-state index < -0.39 is 5.91 Å². The molecule has 0 radical (unpaired) electrons. The molecule has 6 heteroatoms. The van der Waals surface area contributed by atoms with Crippen LogP contribution in [0.15, 0.2) is 48.0 Å². The SMILES string of the molecule is CCOc1cc(/C=C(/C#N)C(=O)NCCCc2ccccc2)cc(Cl)c1OC(C)C. The first kappa shape index (κ1) is 23.3. The maximum Gasteiger partial charge on any atom is 0.261 e. The van der Waals surface area contributed by atoms with Gasteiger partial charge in [-0.15, -0.1) is 0 Å². The Bertz CT molecular complexity index is 918. The normalized spacial score (nSPS) is 11.1. The van der Waals surface area contributed by atoms with E-state index in [4.69, 9.17) is 21.1 Å². The van der Waals surface area contributed by atoms with E-state index in [-0.39, 0.29) is 11.7 Å². The Labute approximate surface area is 183 Å². The number of amides is 1. The molecule has 0 aromatic heterocycles. The van der Waals surface area contributed by atoms with E-state index in [1.807, 2.05) is 45.0 Å². The predicted molar refractivity (Wildman–Crippen MR) is 120 cm³/mol. The molecule has 1 N–H and O–H groups in total. The molecular weight excluding hydrogens is 400 g/mol. The molecule has 0 heterocycles. The Morgan fingerprint density at radius 1 is 1.27 bits per heavy atom. The van der Waals surface area contributed by atoms with Crippen LogP contribution in [0.5, 0.6) is 11.5 Å². The highest BCUT2D eigenvalue weighted by molar-refractivity contribution is 6.32. The molecule has 0 bridgehead atoms. The van der Waals surface area contributed by atoms with Crippen molar-refractivity contribution in [3.8, 4) is 17.6 Å². The fraction of sp³-hybridized carbons (Fsp3) is 0.333. The van der Waals surface area contributed by atoms with Gasteiger partial charge in [0.15, 0.2) is 11.5 Å². The highest BCUT2D eigenvalue weighted by atomic mass is 35.5. The van der Waals surface area contributed by atoms with Gasteiger partial charge in [0.05, 0.1) is 17.7 Å². The second kappa shape index (κ2) is 11.9. The summed E-state index contributed by atoms with van der Waals surface area (Å²) < 4.78 is 11.4. The van der Waals surface area contributed by atoms with Crippen LogP contribution in [0.2, 0.25) is 5.02 Å². The molecule has 158 valence electrons. The summed E-state index contributed by atoms with van der Waals surface area (Å²) in [6.07, 6.45) is 3.08. The Hall–Kier alpha value is -2.97. The largest absolute Gasteiger partial charge is 0.490 e. The fourth-order valence-electron chi connectivity index (χ4n) is 2.83. The summed E-state index contributed by atoms with van der Waals surface area (Å²) >= 11 is 6.36. The van der Waals surface area contributed by atoms with Crippen molar-refractivity contribution in [3.05, 3.63) is 64.2 Å². The number of carbonyl (C=O) groups is 1. The van der Waals surface area contributed by atoms with Gasteiger partial charge in [0.1, 0.15) is 11.6 Å². The van der Waals surface area contributed by atoms with Gasteiger partial charge in [-0.1, -0.05) is 41.9 Å². The number of nitriles is 1. The highest BCUT2D eigenvalue weighted by Crippen LogP contribution is 2.38. The molecule has 0 aliphatic rings. The third-order valence-electron chi connectivity index (χ3n) is 4.13. The quantitative estimate of drug-likeness (QED) is 0.322. The number of rotatable bonds is 10. The van der Waals surface area contributed by atoms with E-state index in [0.717, 1.165) is 12.8 Å². The molecule has 0 unspecified atom stereocenters. The van der Waals surface area contributed by atoms with Crippen LogP contribution >= 0.6 is 11.6 Å². The molecule has 2 aromatic rings. The highest BCUT2D eigenvalue weighted by Gasteiger charge is 2.15. The predicted octanol–water partition coefficient (Wildman–Crippen LogP) is 5.18. The third-order valence-corrected chi connectivity index (χ3v) is 4.41. The molecule has 30 heavy (non-hydrogen) atoms. The van der Waals surface area contributed by atoms with Crippen LogP contribution in [0.4, 0.5) is 0 Å². The molecule has 0 aliphatic heterocycles. The van der Waals surface area contributed by atoms with Crippen LogP contribution in [-0.4, -0.2) is 25.2 Å². The zero-order valence-electron chi connectivity index (χ0n) is 17.6. The van der Waals surface area contributed by atoms with E-state index in [2.05, 4.69) is 17.4 Å². The second-order valence-electron chi connectivity index (χ2n) is 6.94. The Morgan fingerprint density at radius 2 is 2.00 bits per heavy atom. The van der Waals surface area contributed by atoms with Crippen LogP contribution in [-0.2, 0) is 11.2 Å². The molecule has 2 aromatic carbocycles. The summed E-state index contributed by atoms with van der Waals surface area (Å²) in [5.41, 5.74) is 1.81. The van der Waals surface area contributed by atoms with E-state index >= 15 is 0 Å². The van der Waals surface area contributed by atoms with Gasteiger partial charge in [0.2, 0.25) is 0 Å². The topological polar surface area (TPSA) is 71.3 Å². The minimum absolute atomic E-state index is 0.00533. The zero-order valence-corrected chi connectivity index (χ0v) is 18.3. The molecule has 0 atom stereocenters. The maximum absolute atomic E-state index is 12.4. The lowest BCUT2D eigenvalue weighted by Crippen LogP contribution is -2.25. The number of aryl methyl sites for hydroxylation is 1. The van der Waals surface area contributed by atoms with Crippen LogP contribution in [0.1, 0.15) is 38.3 Å². The number of carbonyl (C=O) groups excluding carboxylic acids is 1. The first-order valence-electron chi connectivity index (χ1n) is 10.0. The van der Waals surface area contributed by atoms with Gasteiger partial charge in [0, 0.05) is 6.54 Å². The molecule has 0 aliphatic carbocycles. The maximum atomic E-state index is 12.4. The Kier molecular flexibility index (Phi) is 9.24. The standard InChI is InChI=1S/C24H27ClN2O3/c1-4-29-22-15-19(14-21(25)23(22)30-17(2)3)13-20(16-26)24(28)27-12-8-11-18-9-6-5-7-10-18/h5-7,9-10,13-15,17H,4,8,11-12H2,1-3H3,(H,27,28)/b20-13-. The number of hydrogen-bond acceptors (Lipinski definition) is 4. The molecule has 0 saturated carbocycles. The minimum atomic E-state index is -0.415. The van der Waals surface area contributed by atoms with Crippen LogP contribution < -0.4 is 14.8 Å². The van der Waals surface area contributed by atoms with E-state index in [1.54, 1.807) is 12.1 Å². The number of hydrogen-bond donors (Lipinski definition) is 1. The first-order valence-corrected chi connectivity index (χ1v) is 10.4. The van der Waals surface area contributed by atoms with Gasteiger partial charge in [-0.3, -0.25) is 4.79 Å². The molecule has 0 fully saturated rings. The van der Waals surface area contributed by atoms with Crippen molar-refractivity contribution in [2.75, 3.05) is 13.2 Å². The molecule has 0 spiro atoms. The molecular formula is C24H27ClN2O3. The van der Waals surface area contributed by atoms with Gasteiger partial charge >= 0.3 is 0 Å². The molecule has 5 nitrogen and oxygen atoms in total. The lowest BCUT2D eigenvalue weighted by molar-refractivity contribution is -0.117. The Morgan fingerprint density at radius 3 is 2.63 bits per heavy atom. The van der Waals surface area contributed by atoms with Crippen molar-refractivity contribution in [3.63, 3.8) is 0 Å². The van der Waals surface area contributed by atoms with Gasteiger partial charge in [-0.2, -0.15) is 5.26 Å². The summed E-state index contributed by atoms with van der Waals surface area (Å²) in [5, 5.41) is 12.6. The third kappa shape index (κ3) is 7.13. The summed E-state index contributed by atoms with van der Waals surface area (Å²) in [7, 11) is 0. The first-order chi connectivity index (χ1) is 14.4. The molecule has 2 rings (SSSR count). The number of halogens is 1. The van der Waals surface area contributed by atoms with E-state index in [9.17, 15) is 10.1 Å². The second-order valence-corrected chi connectivity index (χ2v) is 7.35. The van der Waals surface area contributed by atoms with Crippen molar-refractivity contribution >= 4 is 23.6 Å². The lowest BCUT2D eigenvalue weighted by Gasteiger charge is -2.16.